The summed E-state index contributed by atoms with van der Waals surface area (Å²) in [5.41, 5.74) is 4.46. The summed E-state index contributed by atoms with van der Waals surface area (Å²) in [6.07, 6.45) is 1.06. The van der Waals surface area contributed by atoms with E-state index in [0.29, 0.717) is 11.5 Å². The molecule has 0 aliphatic carbocycles. The molecule has 0 bridgehead atoms. The lowest BCUT2D eigenvalue weighted by Gasteiger charge is -2.11. The lowest BCUT2D eigenvalue weighted by molar-refractivity contribution is -0.384. The number of nitrogens with zero attached hydrogens (tertiary/aromatic N) is 5. The number of nitro groups is 2. The molecule has 2 aromatic heterocycles. The van der Waals surface area contributed by atoms with Crippen LogP contribution in [0.3, 0.4) is 0 Å². The van der Waals surface area contributed by atoms with E-state index in [1.807, 2.05) is 0 Å². The van der Waals surface area contributed by atoms with E-state index in [1.54, 1.807) is 25.1 Å². The van der Waals surface area contributed by atoms with Gasteiger partial charge in [0.05, 0.1) is 9.85 Å². The van der Waals surface area contributed by atoms with Crippen LogP contribution in [-0.2, 0) is 0 Å². The number of nitrogens with one attached hydrogen (secondary N) is 3. The van der Waals surface area contributed by atoms with Crippen molar-refractivity contribution in [3.05, 3.63) is 80.3 Å². The monoisotopic (exact) mass is 410 g/mol. The van der Waals surface area contributed by atoms with Gasteiger partial charge in [0.1, 0.15) is 12.1 Å². The Morgan fingerprint density at radius 1 is 1.00 bits per heavy atom. The van der Waals surface area contributed by atoms with Gasteiger partial charge in [-0.15, -0.1) is 0 Å². The number of benzene rings is 1. The molecule has 0 aliphatic rings. The number of nitro benzene ring substituents is 1. The molecule has 0 spiro atoms. The Morgan fingerprint density at radius 2 is 1.73 bits per heavy atom. The van der Waals surface area contributed by atoms with Crippen LogP contribution in [-0.4, -0.2) is 30.7 Å². The van der Waals surface area contributed by atoms with Gasteiger partial charge >= 0.3 is 5.69 Å². The van der Waals surface area contributed by atoms with E-state index < -0.39 is 21.4 Å². The molecule has 2 heterocycles. The van der Waals surface area contributed by atoms with Crippen LogP contribution in [0.15, 0.2) is 48.8 Å². The molecule has 0 atom stereocenters. The molecule has 1 aromatic carbocycles. The van der Waals surface area contributed by atoms with Crippen molar-refractivity contribution in [3.8, 4) is 0 Å². The maximum atomic E-state index is 12.3. The SMILES string of the molecule is Cc1cccc(Nc2ncnc(NNC(=O)c3cccc([N+](=O)[O-])c3)c2[N+](=O)[O-])n1. The molecule has 3 aromatic rings. The Morgan fingerprint density at radius 3 is 2.43 bits per heavy atom. The van der Waals surface area contributed by atoms with Crippen LogP contribution in [0.25, 0.3) is 0 Å². The molecular weight excluding hydrogens is 396 g/mol. The Hall–Kier alpha value is -4.68. The van der Waals surface area contributed by atoms with Crippen molar-refractivity contribution in [2.24, 2.45) is 0 Å². The van der Waals surface area contributed by atoms with E-state index >= 15 is 0 Å². The van der Waals surface area contributed by atoms with Gasteiger partial charge in [0, 0.05) is 23.4 Å². The van der Waals surface area contributed by atoms with E-state index in [0.717, 1.165) is 12.4 Å². The first kappa shape index (κ1) is 20.1. The van der Waals surface area contributed by atoms with Crippen LogP contribution in [0.1, 0.15) is 16.1 Å². The summed E-state index contributed by atoms with van der Waals surface area (Å²) in [6.45, 7) is 1.76. The predicted octanol–water partition coefficient (Wildman–Crippen LogP) is 2.50. The van der Waals surface area contributed by atoms with Crippen molar-refractivity contribution in [2.45, 2.75) is 6.92 Å². The minimum atomic E-state index is -0.749. The number of aromatic nitrogens is 3. The van der Waals surface area contributed by atoms with Crippen LogP contribution in [0.4, 0.5) is 28.8 Å². The average molecular weight is 410 g/mol. The Labute approximate surface area is 168 Å². The second-order valence-electron chi connectivity index (χ2n) is 5.85. The molecule has 30 heavy (non-hydrogen) atoms. The normalized spacial score (nSPS) is 10.2. The van der Waals surface area contributed by atoms with E-state index in [4.69, 9.17) is 0 Å². The number of carbonyl (C=O) groups is 1. The summed E-state index contributed by atoms with van der Waals surface area (Å²) in [4.78, 5) is 45.1. The molecule has 152 valence electrons. The summed E-state index contributed by atoms with van der Waals surface area (Å²) >= 11 is 0. The number of amides is 1. The highest BCUT2D eigenvalue weighted by Gasteiger charge is 2.24. The third kappa shape index (κ3) is 4.59. The quantitative estimate of drug-likeness (QED) is 0.387. The van der Waals surface area contributed by atoms with Crippen LogP contribution in [0, 0.1) is 27.2 Å². The second kappa shape index (κ2) is 8.55. The van der Waals surface area contributed by atoms with Gasteiger partial charge in [-0.3, -0.25) is 35.9 Å². The Bertz CT molecular complexity index is 1140. The molecule has 13 heteroatoms. The number of rotatable bonds is 7. The third-order valence-corrected chi connectivity index (χ3v) is 3.75. The van der Waals surface area contributed by atoms with Gasteiger partial charge in [0.15, 0.2) is 0 Å². The van der Waals surface area contributed by atoms with Gasteiger partial charge in [0.2, 0.25) is 11.6 Å². The number of hydrazine groups is 1. The smallest absolute Gasteiger partial charge is 0.319 e. The topological polar surface area (TPSA) is 178 Å². The van der Waals surface area contributed by atoms with Crippen LogP contribution < -0.4 is 16.2 Å². The number of non-ortho nitro benzene ring substituents is 1. The van der Waals surface area contributed by atoms with E-state index in [2.05, 4.69) is 31.1 Å². The minimum Gasteiger partial charge on any atom is -0.319 e. The largest absolute Gasteiger partial charge is 0.355 e. The van der Waals surface area contributed by atoms with E-state index in [-0.39, 0.29) is 22.9 Å². The van der Waals surface area contributed by atoms with Gasteiger partial charge in [-0.25, -0.2) is 15.0 Å². The van der Waals surface area contributed by atoms with Crippen molar-refractivity contribution in [2.75, 3.05) is 10.7 Å². The van der Waals surface area contributed by atoms with Crippen LogP contribution in [0.2, 0.25) is 0 Å². The number of hydrogen-bond donors (Lipinski definition) is 3. The lowest BCUT2D eigenvalue weighted by Crippen LogP contribution is -2.30. The Kier molecular flexibility index (Phi) is 5.72. The van der Waals surface area contributed by atoms with Gasteiger partial charge in [-0.2, -0.15) is 0 Å². The van der Waals surface area contributed by atoms with Crippen molar-refractivity contribution in [1.29, 1.82) is 0 Å². The highest BCUT2D eigenvalue weighted by molar-refractivity contribution is 5.95. The zero-order valence-corrected chi connectivity index (χ0v) is 15.4. The first-order valence-corrected chi connectivity index (χ1v) is 8.36. The van der Waals surface area contributed by atoms with E-state index in [1.165, 1.54) is 18.2 Å². The van der Waals surface area contributed by atoms with Gasteiger partial charge < -0.3 is 5.32 Å². The molecule has 1 amide bonds. The number of pyridine rings is 1. The van der Waals surface area contributed by atoms with Crippen molar-refractivity contribution < 1.29 is 14.6 Å². The first-order valence-electron chi connectivity index (χ1n) is 8.36. The fourth-order valence-electron chi connectivity index (χ4n) is 2.42. The van der Waals surface area contributed by atoms with Crippen LogP contribution >= 0.6 is 0 Å². The molecule has 3 N–H and O–H groups in total. The number of aryl methyl sites for hydroxylation is 1. The third-order valence-electron chi connectivity index (χ3n) is 3.75. The van der Waals surface area contributed by atoms with Gasteiger partial charge in [-0.05, 0) is 25.1 Å². The summed E-state index contributed by atoms with van der Waals surface area (Å²) in [5, 5.41) is 25.2. The zero-order valence-electron chi connectivity index (χ0n) is 15.4. The molecule has 3 rings (SSSR count). The summed E-state index contributed by atoms with van der Waals surface area (Å²) < 4.78 is 0. The maximum absolute atomic E-state index is 12.3. The first-order chi connectivity index (χ1) is 14.3. The zero-order chi connectivity index (χ0) is 21.7. The van der Waals surface area contributed by atoms with Crippen LogP contribution in [0.5, 0.6) is 0 Å². The van der Waals surface area contributed by atoms with Crippen molar-refractivity contribution >= 4 is 34.7 Å². The average Bonchev–Trinajstić information content (AvgIpc) is 2.72. The Balaban J connectivity index is 1.82. The highest BCUT2D eigenvalue weighted by atomic mass is 16.6. The number of hydrogen-bond acceptors (Lipinski definition) is 10. The minimum absolute atomic E-state index is 0.0179. The predicted molar refractivity (Wildman–Crippen MR) is 105 cm³/mol. The fourth-order valence-corrected chi connectivity index (χ4v) is 2.42. The summed E-state index contributed by atoms with van der Waals surface area (Å²) in [7, 11) is 0. The molecule has 0 aliphatic heterocycles. The summed E-state index contributed by atoms with van der Waals surface area (Å²) in [5.74, 6) is -0.839. The molecule has 0 unspecified atom stereocenters. The molecule has 0 radical (unpaired) electrons. The molecular formula is C17H14N8O5. The number of anilines is 3. The maximum Gasteiger partial charge on any atom is 0.355 e. The summed E-state index contributed by atoms with van der Waals surface area (Å²) in [6, 6.07) is 10.1. The molecule has 0 saturated carbocycles. The fraction of sp³-hybridized carbons (Fsp3) is 0.0588. The molecule has 0 saturated heterocycles. The standard InChI is InChI=1S/C17H14N8O5/c1-10-4-2-7-13(20-10)21-15-14(25(29)30)16(19-9-18-15)22-23-17(26)11-5-3-6-12(8-11)24(27)28/h2-9H,1H3,(H,23,26)(H2,18,19,20,21,22). The van der Waals surface area contributed by atoms with Gasteiger partial charge in [0.25, 0.3) is 11.6 Å². The molecule has 0 fully saturated rings. The van der Waals surface area contributed by atoms with Crippen molar-refractivity contribution in [1.82, 2.24) is 20.4 Å². The van der Waals surface area contributed by atoms with Gasteiger partial charge in [-0.1, -0.05) is 12.1 Å². The highest BCUT2D eigenvalue weighted by Crippen LogP contribution is 2.30. The number of carbonyl (C=O) groups excluding carboxylic acids is 1. The second-order valence-corrected chi connectivity index (χ2v) is 5.85. The molecule has 13 nitrogen and oxygen atoms in total. The van der Waals surface area contributed by atoms with Crippen molar-refractivity contribution in [3.63, 3.8) is 0 Å². The van der Waals surface area contributed by atoms with E-state index in [9.17, 15) is 25.0 Å². The lowest BCUT2D eigenvalue weighted by atomic mass is 10.2.